The Bertz CT molecular complexity index is 549. The number of methoxy groups -OCH3 is 1. The number of benzene rings is 1. The van der Waals surface area contributed by atoms with Crippen LogP contribution >= 0.6 is 11.6 Å². The summed E-state index contributed by atoms with van der Waals surface area (Å²) in [6.45, 7) is 2.31. The maximum atomic E-state index is 5.85. The fraction of sp³-hybridized carbons (Fsp3) is 0.250. The maximum absolute atomic E-state index is 5.85. The smallest absolute Gasteiger partial charge is 0.321 e. The monoisotopic (exact) mass is 265 g/mol. The van der Waals surface area contributed by atoms with E-state index in [9.17, 15) is 0 Å². The van der Waals surface area contributed by atoms with Crippen LogP contribution in [0.1, 0.15) is 6.92 Å². The highest BCUT2D eigenvalue weighted by Crippen LogP contribution is 2.28. The predicted molar refractivity (Wildman–Crippen MR) is 68.0 cm³/mol. The van der Waals surface area contributed by atoms with Crippen molar-refractivity contribution in [3.8, 4) is 23.1 Å². The van der Waals surface area contributed by atoms with Gasteiger partial charge in [-0.05, 0) is 30.7 Å². The van der Waals surface area contributed by atoms with Crippen LogP contribution < -0.4 is 9.47 Å². The average Bonchev–Trinajstić information content (AvgIpc) is 2.38. The van der Waals surface area contributed by atoms with Gasteiger partial charge in [0.2, 0.25) is 5.28 Å². The van der Waals surface area contributed by atoms with Crippen molar-refractivity contribution in [1.82, 2.24) is 15.0 Å². The Kier molecular flexibility index (Phi) is 3.94. The van der Waals surface area contributed by atoms with Crippen LogP contribution in [0.15, 0.2) is 24.3 Å². The molecule has 0 spiro atoms. The van der Waals surface area contributed by atoms with Crippen molar-refractivity contribution in [3.05, 3.63) is 29.5 Å². The number of rotatable bonds is 4. The minimum Gasteiger partial charge on any atom is -0.496 e. The summed E-state index contributed by atoms with van der Waals surface area (Å²) in [4.78, 5) is 12.2. The third kappa shape index (κ3) is 2.68. The molecule has 18 heavy (non-hydrogen) atoms. The minimum atomic E-state index is 0.0920. The zero-order valence-corrected chi connectivity index (χ0v) is 10.8. The first-order valence-electron chi connectivity index (χ1n) is 5.42. The van der Waals surface area contributed by atoms with Gasteiger partial charge in [0.05, 0.1) is 19.3 Å². The summed E-state index contributed by atoms with van der Waals surface area (Å²) in [6, 6.07) is 7.62. The van der Waals surface area contributed by atoms with Gasteiger partial charge in [-0.25, -0.2) is 0 Å². The van der Waals surface area contributed by atoms with E-state index < -0.39 is 0 Å². The summed E-state index contributed by atoms with van der Waals surface area (Å²) in [5, 5.41) is 0.0920. The number of hydrogen-bond donors (Lipinski definition) is 0. The second-order valence-corrected chi connectivity index (χ2v) is 3.68. The molecule has 0 aliphatic carbocycles. The van der Waals surface area contributed by atoms with E-state index in [-0.39, 0.29) is 11.3 Å². The van der Waals surface area contributed by atoms with E-state index in [0.717, 1.165) is 5.56 Å². The second kappa shape index (κ2) is 5.64. The summed E-state index contributed by atoms with van der Waals surface area (Å²) < 4.78 is 10.5. The lowest BCUT2D eigenvalue weighted by Gasteiger charge is -2.08. The molecule has 0 N–H and O–H groups in total. The van der Waals surface area contributed by atoms with Crippen molar-refractivity contribution in [3.63, 3.8) is 0 Å². The average molecular weight is 266 g/mol. The summed E-state index contributed by atoms with van der Waals surface area (Å²) in [6.07, 6.45) is 0. The van der Waals surface area contributed by atoms with Gasteiger partial charge in [0.15, 0.2) is 5.82 Å². The fourth-order valence-electron chi connectivity index (χ4n) is 1.48. The highest BCUT2D eigenvalue weighted by Gasteiger charge is 2.11. The van der Waals surface area contributed by atoms with Gasteiger partial charge in [-0.2, -0.15) is 15.0 Å². The molecule has 0 aliphatic rings. The first-order chi connectivity index (χ1) is 8.74. The van der Waals surface area contributed by atoms with Crippen molar-refractivity contribution in [2.24, 2.45) is 0 Å². The third-order valence-electron chi connectivity index (χ3n) is 2.21. The van der Waals surface area contributed by atoms with Gasteiger partial charge >= 0.3 is 6.01 Å². The van der Waals surface area contributed by atoms with Crippen molar-refractivity contribution in [1.29, 1.82) is 0 Å². The molecule has 2 rings (SSSR count). The lowest BCUT2D eigenvalue weighted by atomic mass is 10.2. The zero-order valence-electron chi connectivity index (χ0n) is 10.1. The number of halogens is 1. The molecule has 1 aromatic heterocycles. The van der Waals surface area contributed by atoms with E-state index in [1.807, 2.05) is 31.2 Å². The van der Waals surface area contributed by atoms with Crippen LogP contribution in [0, 0.1) is 0 Å². The van der Waals surface area contributed by atoms with E-state index in [0.29, 0.717) is 18.2 Å². The van der Waals surface area contributed by atoms with Crippen molar-refractivity contribution in [2.45, 2.75) is 6.92 Å². The molecule has 6 heteroatoms. The van der Waals surface area contributed by atoms with Gasteiger partial charge < -0.3 is 9.47 Å². The van der Waals surface area contributed by atoms with E-state index >= 15 is 0 Å². The van der Waals surface area contributed by atoms with Gasteiger partial charge in [0.1, 0.15) is 5.75 Å². The summed E-state index contributed by atoms with van der Waals surface area (Å²) in [5.74, 6) is 1.10. The predicted octanol–water partition coefficient (Wildman–Crippen LogP) is 2.60. The Morgan fingerprint density at radius 3 is 2.67 bits per heavy atom. The highest BCUT2D eigenvalue weighted by atomic mass is 35.5. The van der Waals surface area contributed by atoms with Gasteiger partial charge in [-0.3, -0.25) is 0 Å². The molecule has 0 aliphatic heterocycles. The molecule has 0 bridgehead atoms. The SMILES string of the molecule is CCOc1nc(Cl)nc(-c2ccccc2OC)n1. The molecule has 94 valence electrons. The molecule has 0 atom stereocenters. The van der Waals surface area contributed by atoms with Gasteiger partial charge in [-0.1, -0.05) is 12.1 Å². The number of nitrogens with zero attached hydrogens (tertiary/aromatic N) is 3. The molecule has 5 nitrogen and oxygen atoms in total. The molecule has 0 amide bonds. The van der Waals surface area contributed by atoms with E-state index in [2.05, 4.69) is 15.0 Å². The summed E-state index contributed by atoms with van der Waals surface area (Å²) >= 11 is 5.85. The van der Waals surface area contributed by atoms with Crippen LogP contribution in [0.5, 0.6) is 11.8 Å². The molecular formula is C12H12ClN3O2. The Balaban J connectivity index is 2.49. The van der Waals surface area contributed by atoms with Gasteiger partial charge in [-0.15, -0.1) is 0 Å². The van der Waals surface area contributed by atoms with Crippen LogP contribution in [0.2, 0.25) is 5.28 Å². The fourth-order valence-corrected chi connectivity index (χ4v) is 1.63. The molecule has 0 fully saturated rings. The third-order valence-corrected chi connectivity index (χ3v) is 2.38. The molecule has 1 heterocycles. The zero-order chi connectivity index (χ0) is 13.0. The summed E-state index contributed by atoms with van der Waals surface area (Å²) in [7, 11) is 1.59. The van der Waals surface area contributed by atoms with Crippen molar-refractivity contribution < 1.29 is 9.47 Å². The lowest BCUT2D eigenvalue weighted by molar-refractivity contribution is 0.312. The van der Waals surface area contributed by atoms with E-state index in [4.69, 9.17) is 21.1 Å². The van der Waals surface area contributed by atoms with Crippen molar-refractivity contribution in [2.75, 3.05) is 13.7 Å². The van der Waals surface area contributed by atoms with Gasteiger partial charge in [0, 0.05) is 0 Å². The Hall–Kier alpha value is -1.88. The minimum absolute atomic E-state index is 0.0920. The molecular weight excluding hydrogens is 254 g/mol. The lowest BCUT2D eigenvalue weighted by Crippen LogP contribution is -2.02. The maximum Gasteiger partial charge on any atom is 0.321 e. The largest absolute Gasteiger partial charge is 0.496 e. The molecule has 0 saturated heterocycles. The number of aromatic nitrogens is 3. The number of hydrogen-bond acceptors (Lipinski definition) is 5. The van der Waals surface area contributed by atoms with Crippen LogP contribution in [-0.4, -0.2) is 28.7 Å². The first-order valence-corrected chi connectivity index (χ1v) is 5.80. The molecule has 2 aromatic rings. The molecule has 0 unspecified atom stereocenters. The van der Waals surface area contributed by atoms with Crippen LogP contribution in [0.25, 0.3) is 11.4 Å². The van der Waals surface area contributed by atoms with Crippen molar-refractivity contribution >= 4 is 11.6 Å². The summed E-state index contributed by atoms with van der Waals surface area (Å²) in [5.41, 5.74) is 0.741. The van der Waals surface area contributed by atoms with E-state index in [1.165, 1.54) is 0 Å². The Morgan fingerprint density at radius 2 is 1.94 bits per heavy atom. The quantitative estimate of drug-likeness (QED) is 0.850. The standard InChI is InChI=1S/C12H12ClN3O2/c1-3-18-12-15-10(14-11(13)16-12)8-6-4-5-7-9(8)17-2/h4-7H,3H2,1-2H3. The number of para-hydroxylation sites is 1. The van der Waals surface area contributed by atoms with Gasteiger partial charge in [0.25, 0.3) is 0 Å². The number of ether oxygens (including phenoxy) is 2. The van der Waals surface area contributed by atoms with Crippen LogP contribution in [0.3, 0.4) is 0 Å². The first kappa shape index (κ1) is 12.6. The highest BCUT2D eigenvalue weighted by molar-refractivity contribution is 6.28. The van der Waals surface area contributed by atoms with Crippen LogP contribution in [-0.2, 0) is 0 Å². The normalized spacial score (nSPS) is 10.2. The Labute approximate surface area is 110 Å². The topological polar surface area (TPSA) is 57.1 Å². The molecule has 1 aromatic carbocycles. The van der Waals surface area contributed by atoms with E-state index in [1.54, 1.807) is 7.11 Å². The molecule has 0 saturated carbocycles. The second-order valence-electron chi connectivity index (χ2n) is 3.34. The van der Waals surface area contributed by atoms with Crippen LogP contribution in [0.4, 0.5) is 0 Å². The Morgan fingerprint density at radius 1 is 1.17 bits per heavy atom. The molecule has 0 radical (unpaired) electrons.